The molecule has 0 saturated carbocycles. The minimum absolute atomic E-state index is 0.0275. The fourth-order valence-corrected chi connectivity index (χ4v) is 2.32. The highest BCUT2D eigenvalue weighted by atomic mass is 16.3. The van der Waals surface area contributed by atoms with E-state index in [0.29, 0.717) is 11.4 Å². The zero-order valence-electron chi connectivity index (χ0n) is 16.8. The van der Waals surface area contributed by atoms with E-state index >= 15 is 0 Å². The molecule has 7 nitrogen and oxygen atoms in total. The van der Waals surface area contributed by atoms with Crippen LogP contribution in [0.15, 0.2) is 66.4 Å². The summed E-state index contributed by atoms with van der Waals surface area (Å²) in [5.41, 5.74) is 1.62. The number of rotatable bonds is 5. The van der Waals surface area contributed by atoms with Gasteiger partial charge in [0.25, 0.3) is 5.84 Å². The fraction of sp³-hybridized carbons (Fsp3) is 0.227. The molecule has 3 amide bonds. The van der Waals surface area contributed by atoms with Gasteiger partial charge in [-0.05, 0) is 29.8 Å². The predicted molar refractivity (Wildman–Crippen MR) is 114 cm³/mol. The van der Waals surface area contributed by atoms with Crippen molar-refractivity contribution in [2.24, 2.45) is 5.41 Å². The van der Waals surface area contributed by atoms with Crippen LogP contribution >= 0.6 is 0 Å². The number of aliphatic hydroxyl groups excluding tert-OH is 1. The molecule has 29 heavy (non-hydrogen) atoms. The summed E-state index contributed by atoms with van der Waals surface area (Å²) >= 11 is 0. The number of amides is 3. The summed E-state index contributed by atoms with van der Waals surface area (Å²) in [5, 5.41) is 23.5. The highest BCUT2D eigenvalue weighted by molar-refractivity contribution is 6.05. The van der Waals surface area contributed by atoms with Crippen LogP contribution < -0.4 is 21.4 Å². The number of urea groups is 1. The van der Waals surface area contributed by atoms with Crippen molar-refractivity contribution in [3.8, 4) is 0 Å². The van der Waals surface area contributed by atoms with Gasteiger partial charge in [0.1, 0.15) is 5.76 Å². The molecule has 0 spiro atoms. The minimum Gasteiger partial charge on any atom is -0.511 e. The summed E-state index contributed by atoms with van der Waals surface area (Å²) in [6, 6.07) is 15.6. The Labute approximate surface area is 170 Å². The van der Waals surface area contributed by atoms with Gasteiger partial charge in [-0.25, -0.2) is 4.79 Å². The van der Waals surface area contributed by atoms with Crippen LogP contribution in [0, 0.1) is 5.41 Å². The molecule has 0 aliphatic heterocycles. The first-order valence-electron chi connectivity index (χ1n) is 9.19. The highest BCUT2D eigenvalue weighted by Crippen LogP contribution is 2.21. The lowest BCUT2D eigenvalue weighted by Crippen LogP contribution is -2.51. The molecule has 0 aliphatic rings. The first-order valence-corrected chi connectivity index (χ1v) is 9.19. The Morgan fingerprint density at radius 2 is 1.52 bits per heavy atom. The Balaban J connectivity index is 1.86. The zero-order chi connectivity index (χ0) is 21.4. The van der Waals surface area contributed by atoms with Crippen molar-refractivity contribution in [2.45, 2.75) is 27.2 Å². The molecule has 0 fully saturated rings. The maximum atomic E-state index is 12.1. The number of anilines is 2. The van der Waals surface area contributed by atoms with Crippen LogP contribution in [0.4, 0.5) is 16.2 Å². The number of carbonyl (C=O) groups excluding carboxylic acids is 2. The van der Waals surface area contributed by atoms with Gasteiger partial charge in [-0.3, -0.25) is 15.5 Å². The van der Waals surface area contributed by atoms with Crippen LogP contribution in [0.1, 0.15) is 26.3 Å². The van der Waals surface area contributed by atoms with Crippen molar-refractivity contribution >= 4 is 29.1 Å². The normalized spacial score (nSPS) is 11.5. The summed E-state index contributed by atoms with van der Waals surface area (Å²) in [6.45, 7) is 5.48. The minimum atomic E-state index is -0.540. The van der Waals surface area contributed by atoms with Gasteiger partial charge in [0.2, 0.25) is 5.91 Å². The van der Waals surface area contributed by atoms with Crippen LogP contribution in [0.5, 0.6) is 0 Å². The van der Waals surface area contributed by atoms with Crippen LogP contribution in [-0.2, 0) is 11.2 Å². The lowest BCUT2D eigenvalue weighted by Gasteiger charge is -2.16. The summed E-state index contributed by atoms with van der Waals surface area (Å²) in [7, 11) is 0. The number of nitrogens with two attached hydrogens (primary N) is 1. The third-order valence-electron chi connectivity index (χ3n) is 3.95. The molecule has 0 bridgehead atoms. The summed E-state index contributed by atoms with van der Waals surface area (Å²) in [6.07, 6.45) is 1.60. The second kappa shape index (κ2) is 9.54. The van der Waals surface area contributed by atoms with Crippen molar-refractivity contribution in [3.63, 3.8) is 0 Å². The molecule has 7 heteroatoms. The molecule has 2 aromatic carbocycles. The molecule has 2 rings (SSSR count). The molecule has 0 aliphatic carbocycles. The van der Waals surface area contributed by atoms with Crippen molar-refractivity contribution in [1.82, 2.24) is 5.32 Å². The molecule has 0 unspecified atom stereocenters. The number of allylic oxidation sites excluding steroid dienone is 1. The van der Waals surface area contributed by atoms with Gasteiger partial charge in [0.05, 0.1) is 12.5 Å². The summed E-state index contributed by atoms with van der Waals surface area (Å²) < 4.78 is 0. The van der Waals surface area contributed by atoms with Crippen LogP contribution in [0.2, 0.25) is 0 Å². The number of benzene rings is 2. The van der Waals surface area contributed by atoms with E-state index in [0.717, 1.165) is 5.56 Å². The Kier molecular flexibility index (Phi) is 7.14. The lowest BCUT2D eigenvalue weighted by atomic mass is 9.93. The van der Waals surface area contributed by atoms with E-state index in [4.69, 9.17) is 5.41 Å². The van der Waals surface area contributed by atoms with E-state index < -0.39 is 11.4 Å². The number of amidine groups is 1. The number of carbonyl (C=O) groups is 2. The van der Waals surface area contributed by atoms with Gasteiger partial charge in [-0.1, -0.05) is 51.1 Å². The SMILES string of the molecule is CC(C)(C)/C(O)=C/C(=[NH2+])NC(=O)Nc1ccc(NC(=O)Cc2ccccc2)cc1. The standard InChI is InChI=1S/C22H26N4O3/c1-22(2,3)18(27)14-19(23)26-21(29)25-17-11-9-16(10-12-17)24-20(28)13-15-7-5-4-6-8-15/h4-12,14,27H,13H2,1-3H3,(H,24,28)(H3,23,25,26,29)/p+1/b18-14-. The lowest BCUT2D eigenvalue weighted by molar-refractivity contribution is -0.116. The Morgan fingerprint density at radius 1 is 0.966 bits per heavy atom. The van der Waals surface area contributed by atoms with Gasteiger partial charge in [0, 0.05) is 16.8 Å². The second-order valence-corrected chi connectivity index (χ2v) is 7.60. The molecule has 6 N–H and O–H groups in total. The highest BCUT2D eigenvalue weighted by Gasteiger charge is 2.19. The van der Waals surface area contributed by atoms with Gasteiger partial charge >= 0.3 is 6.03 Å². The molecule has 0 aromatic heterocycles. The van der Waals surface area contributed by atoms with Crippen LogP contribution in [0.3, 0.4) is 0 Å². The van der Waals surface area contributed by atoms with E-state index in [1.165, 1.54) is 6.08 Å². The third kappa shape index (κ3) is 7.50. The predicted octanol–water partition coefficient (Wildman–Crippen LogP) is 2.63. The number of aliphatic hydroxyl groups is 1. The van der Waals surface area contributed by atoms with Gasteiger partial charge in [0.15, 0.2) is 0 Å². The Hall–Kier alpha value is -3.61. The summed E-state index contributed by atoms with van der Waals surface area (Å²) in [4.78, 5) is 24.1. The Bertz CT molecular complexity index is 898. The van der Waals surface area contributed by atoms with Crippen molar-refractivity contribution in [3.05, 3.63) is 72.0 Å². The van der Waals surface area contributed by atoms with Crippen molar-refractivity contribution in [2.75, 3.05) is 10.6 Å². The zero-order valence-corrected chi connectivity index (χ0v) is 16.8. The Morgan fingerprint density at radius 3 is 2.07 bits per heavy atom. The topological polar surface area (TPSA) is 116 Å². The molecule has 2 aromatic rings. The number of hydrogen-bond acceptors (Lipinski definition) is 3. The molecular weight excluding hydrogens is 368 g/mol. The molecule has 0 atom stereocenters. The largest absolute Gasteiger partial charge is 0.511 e. The van der Waals surface area contributed by atoms with E-state index in [2.05, 4.69) is 16.0 Å². The van der Waals surface area contributed by atoms with E-state index in [1.807, 2.05) is 51.1 Å². The van der Waals surface area contributed by atoms with Gasteiger partial charge in [-0.15, -0.1) is 0 Å². The maximum Gasteiger partial charge on any atom is 0.411 e. The average molecular weight is 395 g/mol. The summed E-state index contributed by atoms with van der Waals surface area (Å²) in [5.74, 6) is -0.0342. The number of nitrogens with one attached hydrogen (secondary N) is 3. The first kappa shape index (κ1) is 21.7. The fourth-order valence-electron chi connectivity index (χ4n) is 2.32. The van der Waals surface area contributed by atoms with Crippen LogP contribution in [0.25, 0.3) is 0 Å². The van der Waals surface area contributed by atoms with Crippen LogP contribution in [-0.4, -0.2) is 22.9 Å². The molecule has 0 heterocycles. The third-order valence-corrected chi connectivity index (χ3v) is 3.95. The van der Waals surface area contributed by atoms with Gasteiger partial charge < -0.3 is 10.4 Å². The van der Waals surface area contributed by atoms with E-state index in [-0.39, 0.29) is 23.9 Å². The molecule has 0 radical (unpaired) electrons. The monoisotopic (exact) mass is 395 g/mol. The average Bonchev–Trinajstić information content (AvgIpc) is 2.63. The number of hydrogen-bond donors (Lipinski definition) is 5. The van der Waals surface area contributed by atoms with E-state index in [1.54, 1.807) is 24.3 Å². The smallest absolute Gasteiger partial charge is 0.411 e. The molecular formula is C22H27N4O3+. The first-order chi connectivity index (χ1) is 13.6. The quantitative estimate of drug-likeness (QED) is 0.304. The second-order valence-electron chi connectivity index (χ2n) is 7.60. The van der Waals surface area contributed by atoms with Gasteiger partial charge in [-0.2, -0.15) is 5.32 Å². The van der Waals surface area contributed by atoms with E-state index in [9.17, 15) is 14.7 Å². The molecule has 152 valence electrons. The maximum absolute atomic E-state index is 12.1. The molecule has 0 saturated heterocycles. The van der Waals surface area contributed by atoms with Crippen molar-refractivity contribution < 1.29 is 20.1 Å². The van der Waals surface area contributed by atoms with Crippen molar-refractivity contribution in [1.29, 1.82) is 0 Å².